The molecule has 1 aromatic carbocycles. The third-order valence-electron chi connectivity index (χ3n) is 5.03. The molecule has 1 heterocycles. The highest BCUT2D eigenvalue weighted by Crippen LogP contribution is 2.31. The fourth-order valence-electron chi connectivity index (χ4n) is 3.78. The average molecular weight is 306 g/mol. The van der Waals surface area contributed by atoms with E-state index in [1.165, 1.54) is 31.2 Å². The first-order valence-corrected chi connectivity index (χ1v) is 8.66. The Balaban J connectivity index is 1.70. The van der Waals surface area contributed by atoms with Crippen molar-refractivity contribution in [2.45, 2.75) is 50.9 Å². The smallest absolute Gasteiger partial charge is 0.225 e. The molecule has 1 saturated heterocycles. The predicted octanol–water partition coefficient (Wildman–Crippen LogP) is 4.63. The van der Waals surface area contributed by atoms with Gasteiger partial charge in [0, 0.05) is 29.9 Å². The van der Waals surface area contributed by atoms with E-state index in [1.54, 1.807) is 0 Å². The van der Waals surface area contributed by atoms with Gasteiger partial charge in [0.15, 0.2) is 0 Å². The van der Waals surface area contributed by atoms with Gasteiger partial charge in [-0.3, -0.25) is 4.79 Å². The summed E-state index contributed by atoms with van der Waals surface area (Å²) in [5, 5.41) is 0.784. The molecule has 0 bridgehead atoms. The monoisotopic (exact) mass is 305 g/mol. The summed E-state index contributed by atoms with van der Waals surface area (Å²) in [5.74, 6) is 1.18. The Hall–Kier alpha value is -1.02. The third-order valence-corrected chi connectivity index (χ3v) is 5.28. The van der Waals surface area contributed by atoms with E-state index in [2.05, 4.69) is 17.0 Å². The lowest BCUT2D eigenvalue weighted by molar-refractivity contribution is -0.135. The lowest BCUT2D eigenvalue weighted by atomic mass is 9.94. The van der Waals surface area contributed by atoms with Crippen molar-refractivity contribution in [1.82, 2.24) is 4.90 Å². The van der Waals surface area contributed by atoms with Crippen molar-refractivity contribution < 1.29 is 4.79 Å². The van der Waals surface area contributed by atoms with Crippen LogP contribution in [0.15, 0.2) is 24.3 Å². The van der Waals surface area contributed by atoms with Gasteiger partial charge in [-0.1, -0.05) is 43.0 Å². The number of nitrogens with zero attached hydrogens (tertiary/aromatic N) is 1. The summed E-state index contributed by atoms with van der Waals surface area (Å²) in [7, 11) is 0. The van der Waals surface area contributed by atoms with Crippen LogP contribution < -0.4 is 0 Å². The molecule has 2 aliphatic rings. The van der Waals surface area contributed by atoms with E-state index < -0.39 is 0 Å². The van der Waals surface area contributed by atoms with Crippen LogP contribution in [-0.2, 0) is 4.79 Å². The summed E-state index contributed by atoms with van der Waals surface area (Å²) in [4.78, 5) is 14.8. The number of carbonyl (C=O) groups is 1. The van der Waals surface area contributed by atoms with Gasteiger partial charge in [-0.15, -0.1) is 0 Å². The summed E-state index contributed by atoms with van der Waals surface area (Å²) < 4.78 is 0. The van der Waals surface area contributed by atoms with Crippen LogP contribution in [0, 0.1) is 5.92 Å². The molecule has 21 heavy (non-hydrogen) atoms. The molecule has 0 spiro atoms. The van der Waals surface area contributed by atoms with Crippen molar-refractivity contribution in [1.29, 1.82) is 0 Å². The van der Waals surface area contributed by atoms with Crippen LogP contribution in [0.4, 0.5) is 0 Å². The Morgan fingerprint density at radius 1 is 1.00 bits per heavy atom. The average Bonchev–Trinajstić information content (AvgIpc) is 2.92. The molecule has 114 valence electrons. The first kappa shape index (κ1) is 14.9. The van der Waals surface area contributed by atoms with Gasteiger partial charge in [0.1, 0.15) is 0 Å². The Kier molecular flexibility index (Phi) is 4.84. The highest BCUT2D eigenvalue weighted by atomic mass is 35.5. The zero-order chi connectivity index (χ0) is 14.7. The van der Waals surface area contributed by atoms with Crippen LogP contribution in [0.1, 0.15) is 56.4 Å². The summed E-state index contributed by atoms with van der Waals surface area (Å²) in [6, 6.07) is 8.17. The van der Waals surface area contributed by atoms with Gasteiger partial charge in [0.05, 0.1) is 0 Å². The van der Waals surface area contributed by atoms with Crippen molar-refractivity contribution >= 4 is 17.5 Å². The van der Waals surface area contributed by atoms with Gasteiger partial charge in [-0.05, 0) is 43.4 Å². The first-order valence-electron chi connectivity index (χ1n) is 8.28. The van der Waals surface area contributed by atoms with Crippen LogP contribution >= 0.6 is 11.6 Å². The second-order valence-electron chi connectivity index (χ2n) is 6.51. The van der Waals surface area contributed by atoms with Gasteiger partial charge in [0.25, 0.3) is 0 Å². The number of benzene rings is 1. The molecule has 2 nitrogen and oxygen atoms in total. The number of amides is 1. The van der Waals surface area contributed by atoms with Crippen LogP contribution in [-0.4, -0.2) is 23.9 Å². The maximum absolute atomic E-state index is 12.7. The van der Waals surface area contributed by atoms with E-state index in [0.29, 0.717) is 17.7 Å². The second-order valence-corrected chi connectivity index (χ2v) is 6.95. The van der Waals surface area contributed by atoms with E-state index in [-0.39, 0.29) is 0 Å². The molecule has 0 N–H and O–H groups in total. The van der Waals surface area contributed by atoms with Crippen molar-refractivity contribution in [3.63, 3.8) is 0 Å². The molecule has 3 heteroatoms. The molecule has 1 unspecified atom stereocenters. The van der Waals surface area contributed by atoms with Crippen LogP contribution in [0.5, 0.6) is 0 Å². The molecular formula is C18H24ClNO. The van der Waals surface area contributed by atoms with Crippen molar-refractivity contribution in [2.24, 2.45) is 5.92 Å². The molecule has 1 aliphatic carbocycles. The highest BCUT2D eigenvalue weighted by Gasteiger charge is 2.30. The number of hydrogen-bond donors (Lipinski definition) is 0. The van der Waals surface area contributed by atoms with Gasteiger partial charge in [-0.25, -0.2) is 0 Å². The SMILES string of the molecule is O=C(C1CCCC1)N1CCCCC(c2ccc(Cl)cc2)C1. The topological polar surface area (TPSA) is 20.3 Å². The molecule has 1 aliphatic heterocycles. The Morgan fingerprint density at radius 2 is 1.67 bits per heavy atom. The van der Waals surface area contributed by atoms with Crippen LogP contribution in [0.25, 0.3) is 0 Å². The zero-order valence-corrected chi connectivity index (χ0v) is 13.3. The van der Waals surface area contributed by atoms with Gasteiger partial charge in [0.2, 0.25) is 5.91 Å². The number of rotatable bonds is 2. The van der Waals surface area contributed by atoms with Crippen molar-refractivity contribution in [2.75, 3.05) is 13.1 Å². The van der Waals surface area contributed by atoms with E-state index in [4.69, 9.17) is 11.6 Å². The zero-order valence-electron chi connectivity index (χ0n) is 12.6. The van der Waals surface area contributed by atoms with E-state index in [9.17, 15) is 4.79 Å². The van der Waals surface area contributed by atoms with E-state index in [0.717, 1.165) is 37.4 Å². The number of likely N-dealkylation sites (tertiary alicyclic amines) is 1. The lowest BCUT2D eigenvalue weighted by Gasteiger charge is -2.27. The standard InChI is InChI=1S/C18H24ClNO/c19-17-10-8-14(9-11-17)16-7-3-4-12-20(13-16)18(21)15-5-1-2-6-15/h8-11,15-16H,1-7,12-13H2. The van der Waals surface area contributed by atoms with Crippen LogP contribution in [0.3, 0.4) is 0 Å². The van der Waals surface area contributed by atoms with Gasteiger partial charge < -0.3 is 4.90 Å². The van der Waals surface area contributed by atoms with Crippen LogP contribution in [0.2, 0.25) is 5.02 Å². The van der Waals surface area contributed by atoms with Gasteiger partial charge >= 0.3 is 0 Å². The molecular weight excluding hydrogens is 282 g/mol. The quantitative estimate of drug-likeness (QED) is 0.780. The third kappa shape index (κ3) is 3.60. The molecule has 3 rings (SSSR count). The molecule has 0 radical (unpaired) electrons. The summed E-state index contributed by atoms with van der Waals surface area (Å²) in [6.45, 7) is 1.83. The van der Waals surface area contributed by atoms with Crippen molar-refractivity contribution in [3.05, 3.63) is 34.9 Å². The Morgan fingerprint density at radius 3 is 2.38 bits per heavy atom. The maximum Gasteiger partial charge on any atom is 0.225 e. The summed E-state index contributed by atoms with van der Waals surface area (Å²) in [5.41, 5.74) is 1.32. The van der Waals surface area contributed by atoms with Gasteiger partial charge in [-0.2, -0.15) is 0 Å². The minimum absolute atomic E-state index is 0.300. The van der Waals surface area contributed by atoms with E-state index >= 15 is 0 Å². The minimum atomic E-state index is 0.300. The molecule has 2 fully saturated rings. The normalized spacial score (nSPS) is 24.0. The fourth-order valence-corrected chi connectivity index (χ4v) is 3.91. The van der Waals surface area contributed by atoms with Crippen molar-refractivity contribution in [3.8, 4) is 0 Å². The predicted molar refractivity (Wildman–Crippen MR) is 86.6 cm³/mol. The molecule has 1 aromatic rings. The fraction of sp³-hybridized carbons (Fsp3) is 0.611. The largest absolute Gasteiger partial charge is 0.342 e. The van der Waals surface area contributed by atoms with E-state index in [1.807, 2.05) is 12.1 Å². The molecule has 1 saturated carbocycles. The number of hydrogen-bond acceptors (Lipinski definition) is 1. The minimum Gasteiger partial charge on any atom is -0.342 e. The summed E-state index contributed by atoms with van der Waals surface area (Å²) in [6.07, 6.45) is 8.18. The second kappa shape index (κ2) is 6.83. The first-order chi connectivity index (χ1) is 10.2. The maximum atomic E-state index is 12.7. The Bertz CT molecular complexity index is 478. The molecule has 0 aromatic heterocycles. The summed E-state index contributed by atoms with van der Waals surface area (Å²) >= 11 is 5.98. The molecule has 1 atom stereocenters. The number of carbonyl (C=O) groups excluding carboxylic acids is 1. The lowest BCUT2D eigenvalue weighted by Crippen LogP contribution is -2.37. The highest BCUT2D eigenvalue weighted by molar-refractivity contribution is 6.30. The molecule has 1 amide bonds. The Labute approximate surface area is 132 Å². The number of halogens is 1.